The Hall–Kier alpha value is -2.75. The van der Waals surface area contributed by atoms with Gasteiger partial charge in [-0.1, -0.05) is 11.8 Å². The molecule has 0 saturated heterocycles. The monoisotopic (exact) mass is 377 g/mol. The van der Waals surface area contributed by atoms with Gasteiger partial charge in [0.25, 0.3) is 0 Å². The van der Waals surface area contributed by atoms with Gasteiger partial charge in [0.1, 0.15) is 0 Å². The summed E-state index contributed by atoms with van der Waals surface area (Å²) >= 11 is 1.35. The molecule has 2 aromatic rings. The maximum absolute atomic E-state index is 12.2. The summed E-state index contributed by atoms with van der Waals surface area (Å²) < 4.78 is 12.2. The Kier molecular flexibility index (Phi) is 5.31. The molecule has 138 valence electrons. The maximum Gasteiger partial charge on any atom is 0.337 e. The Morgan fingerprint density at radius 3 is 2.96 bits per heavy atom. The van der Waals surface area contributed by atoms with E-state index in [1.165, 1.54) is 11.8 Å². The number of carbonyl (C=O) groups excluding carboxylic acids is 2. The normalized spacial score (nSPS) is 17.0. The van der Waals surface area contributed by atoms with E-state index in [2.05, 4.69) is 20.8 Å². The first-order valence-corrected chi connectivity index (χ1v) is 9.03. The smallest absolute Gasteiger partial charge is 0.337 e. The van der Waals surface area contributed by atoms with Crippen LogP contribution in [0, 0.1) is 0 Å². The minimum Gasteiger partial charge on any atom is -0.463 e. The highest BCUT2D eigenvalue weighted by Crippen LogP contribution is 2.26. The number of esters is 1. The average Bonchev–Trinajstić information content (AvgIpc) is 3.22. The number of nitrogens with zero attached hydrogens (tertiary/aromatic N) is 3. The highest BCUT2D eigenvalue weighted by molar-refractivity contribution is 7.99. The quantitative estimate of drug-likeness (QED) is 0.582. The molecule has 0 saturated carbocycles. The number of aromatic nitrogens is 3. The van der Waals surface area contributed by atoms with Gasteiger partial charge in [-0.3, -0.25) is 0 Å². The van der Waals surface area contributed by atoms with Crippen LogP contribution in [0.2, 0.25) is 0 Å². The van der Waals surface area contributed by atoms with Crippen molar-refractivity contribution in [1.82, 2.24) is 25.4 Å². The van der Waals surface area contributed by atoms with Gasteiger partial charge in [0.15, 0.2) is 16.7 Å². The predicted molar refractivity (Wildman–Crippen MR) is 94.2 cm³/mol. The van der Waals surface area contributed by atoms with Crippen LogP contribution in [0.3, 0.4) is 0 Å². The lowest BCUT2D eigenvalue weighted by atomic mass is 10.1. The zero-order valence-electron chi connectivity index (χ0n) is 14.6. The van der Waals surface area contributed by atoms with Crippen molar-refractivity contribution in [1.29, 1.82) is 0 Å². The summed E-state index contributed by atoms with van der Waals surface area (Å²) in [6.07, 6.45) is 1.57. The van der Waals surface area contributed by atoms with Gasteiger partial charge in [0.05, 0.1) is 24.5 Å². The highest BCUT2D eigenvalue weighted by atomic mass is 32.2. The van der Waals surface area contributed by atoms with Crippen LogP contribution >= 0.6 is 11.8 Å². The van der Waals surface area contributed by atoms with Crippen LogP contribution in [0.25, 0.3) is 11.6 Å². The van der Waals surface area contributed by atoms with Gasteiger partial charge < -0.3 is 24.4 Å². The topological polar surface area (TPSA) is 111 Å². The van der Waals surface area contributed by atoms with Crippen molar-refractivity contribution in [2.24, 2.45) is 7.05 Å². The fourth-order valence-electron chi connectivity index (χ4n) is 2.59. The highest BCUT2D eigenvalue weighted by Gasteiger charge is 2.30. The lowest BCUT2D eigenvalue weighted by molar-refractivity contribution is -0.138. The van der Waals surface area contributed by atoms with Crippen molar-refractivity contribution in [3.05, 3.63) is 29.7 Å². The van der Waals surface area contributed by atoms with E-state index in [1.54, 1.807) is 36.8 Å². The zero-order chi connectivity index (χ0) is 18.7. The van der Waals surface area contributed by atoms with E-state index >= 15 is 0 Å². The molecular formula is C16H19N5O4S. The number of ether oxygens (including phenoxy) is 1. The molecule has 3 rings (SSSR count). The first kappa shape index (κ1) is 18.1. The van der Waals surface area contributed by atoms with Crippen molar-refractivity contribution < 1.29 is 18.7 Å². The maximum atomic E-state index is 12.2. The van der Waals surface area contributed by atoms with Crippen LogP contribution in [-0.2, 0) is 16.6 Å². The number of carbonyl (C=O) groups is 2. The molecule has 0 spiro atoms. The van der Waals surface area contributed by atoms with Crippen molar-refractivity contribution in [2.75, 3.05) is 12.4 Å². The molecule has 0 bridgehead atoms. The second kappa shape index (κ2) is 7.65. The van der Waals surface area contributed by atoms with Crippen LogP contribution in [0.4, 0.5) is 4.79 Å². The second-order valence-corrected chi connectivity index (χ2v) is 6.51. The van der Waals surface area contributed by atoms with E-state index in [4.69, 9.17) is 9.15 Å². The molecule has 1 aliphatic heterocycles. The molecule has 26 heavy (non-hydrogen) atoms. The molecule has 10 heteroatoms. The number of hydrogen-bond acceptors (Lipinski definition) is 7. The Bertz CT molecular complexity index is 843. The summed E-state index contributed by atoms with van der Waals surface area (Å²) in [6.45, 7) is 3.74. The molecule has 0 unspecified atom stereocenters. The van der Waals surface area contributed by atoms with E-state index in [1.807, 2.05) is 7.05 Å². The molecule has 9 nitrogen and oxygen atoms in total. The number of nitrogens with one attached hydrogen (secondary N) is 2. The Labute approximate surface area is 154 Å². The predicted octanol–water partition coefficient (Wildman–Crippen LogP) is 1.69. The fraction of sp³-hybridized carbons (Fsp3) is 0.375. The van der Waals surface area contributed by atoms with Crippen molar-refractivity contribution >= 4 is 23.8 Å². The van der Waals surface area contributed by atoms with Crippen LogP contribution in [0.15, 0.2) is 39.2 Å². The minimum atomic E-state index is -0.447. The van der Waals surface area contributed by atoms with Crippen LogP contribution < -0.4 is 10.6 Å². The van der Waals surface area contributed by atoms with Gasteiger partial charge >= 0.3 is 12.0 Å². The van der Waals surface area contributed by atoms with Crippen molar-refractivity contribution in [3.63, 3.8) is 0 Å². The number of rotatable bonds is 6. The Morgan fingerprint density at radius 1 is 1.46 bits per heavy atom. The lowest BCUT2D eigenvalue weighted by Gasteiger charge is -2.26. The zero-order valence-corrected chi connectivity index (χ0v) is 15.4. The molecule has 2 aromatic heterocycles. The Morgan fingerprint density at radius 2 is 2.27 bits per heavy atom. The molecule has 2 amide bonds. The van der Waals surface area contributed by atoms with Gasteiger partial charge in [-0.05, 0) is 26.0 Å². The third-order valence-corrected chi connectivity index (χ3v) is 4.83. The number of thioether (sulfide) groups is 1. The summed E-state index contributed by atoms with van der Waals surface area (Å²) in [4.78, 5) is 24.0. The average molecular weight is 377 g/mol. The van der Waals surface area contributed by atoms with Crippen LogP contribution in [0.1, 0.15) is 13.8 Å². The van der Waals surface area contributed by atoms with E-state index in [0.29, 0.717) is 33.8 Å². The molecule has 0 fully saturated rings. The molecule has 1 aliphatic rings. The number of amides is 2. The number of urea groups is 1. The molecular weight excluding hydrogens is 358 g/mol. The second-order valence-electron chi connectivity index (χ2n) is 5.56. The third kappa shape index (κ3) is 3.59. The van der Waals surface area contributed by atoms with Crippen molar-refractivity contribution in [2.45, 2.75) is 25.0 Å². The van der Waals surface area contributed by atoms with E-state index in [-0.39, 0.29) is 12.6 Å². The van der Waals surface area contributed by atoms with Gasteiger partial charge in [-0.15, -0.1) is 10.2 Å². The third-order valence-electron chi connectivity index (χ3n) is 3.79. The van der Waals surface area contributed by atoms with E-state index in [0.717, 1.165) is 0 Å². The fourth-order valence-corrected chi connectivity index (χ4v) is 3.47. The largest absolute Gasteiger partial charge is 0.463 e. The lowest BCUT2D eigenvalue weighted by Crippen LogP contribution is -2.49. The first-order valence-electron chi connectivity index (χ1n) is 8.05. The van der Waals surface area contributed by atoms with Gasteiger partial charge in [-0.2, -0.15) is 0 Å². The molecule has 2 N–H and O–H groups in total. The first-order chi connectivity index (χ1) is 12.5. The molecule has 1 atom stereocenters. The summed E-state index contributed by atoms with van der Waals surface area (Å²) in [5.74, 6) is 1.11. The summed E-state index contributed by atoms with van der Waals surface area (Å²) in [7, 11) is 1.82. The SMILES string of the molecule is CCOC(=O)C1=C(CSc2nnc(-c3ccco3)n2C)NC(=O)N[C@H]1C. The van der Waals surface area contributed by atoms with Crippen LogP contribution in [0.5, 0.6) is 0 Å². The molecule has 3 heterocycles. The van der Waals surface area contributed by atoms with Gasteiger partial charge in [0.2, 0.25) is 0 Å². The summed E-state index contributed by atoms with van der Waals surface area (Å²) in [5.41, 5.74) is 0.916. The summed E-state index contributed by atoms with van der Waals surface area (Å²) in [6, 6.07) is 2.79. The van der Waals surface area contributed by atoms with E-state index < -0.39 is 12.0 Å². The van der Waals surface area contributed by atoms with Crippen LogP contribution in [-0.4, -0.2) is 45.2 Å². The minimum absolute atomic E-state index is 0.263. The molecule has 0 radical (unpaired) electrons. The van der Waals surface area contributed by atoms with Gasteiger partial charge in [-0.25, -0.2) is 9.59 Å². The Balaban J connectivity index is 1.81. The number of furan rings is 1. The molecule has 0 aliphatic carbocycles. The van der Waals surface area contributed by atoms with Gasteiger partial charge in [0, 0.05) is 18.5 Å². The summed E-state index contributed by atoms with van der Waals surface area (Å²) in [5, 5.41) is 14.3. The van der Waals surface area contributed by atoms with E-state index in [9.17, 15) is 9.59 Å². The number of hydrogen-bond donors (Lipinski definition) is 2. The van der Waals surface area contributed by atoms with Crippen molar-refractivity contribution in [3.8, 4) is 11.6 Å². The standard InChI is InChI=1S/C16H19N5O4S/c1-4-24-14(22)12-9(2)17-15(23)18-10(12)8-26-16-20-19-13(21(16)3)11-6-5-7-25-11/h5-7,9H,4,8H2,1-3H3,(H2,17,18,23)/t9-/m0/s1. The molecule has 0 aromatic carbocycles.